The minimum atomic E-state index is -0.704. The fraction of sp³-hybridized carbons (Fsp3) is 0.200. The number of rotatable bonds is 5. The normalized spacial score (nSPS) is 13.1. The number of phenolic OH excluding ortho intramolecular Hbond substituents is 1. The van der Waals surface area contributed by atoms with Crippen molar-refractivity contribution in [3.05, 3.63) is 78.1 Å². The molecule has 0 fully saturated rings. The lowest BCUT2D eigenvalue weighted by molar-refractivity contribution is -0.384. The molecule has 0 radical (unpaired) electrons. The molecule has 4 rings (SSSR count). The fourth-order valence-corrected chi connectivity index (χ4v) is 3.54. The van der Waals surface area contributed by atoms with Crippen molar-refractivity contribution < 1.29 is 10.0 Å². The van der Waals surface area contributed by atoms with Gasteiger partial charge in [-0.05, 0) is 48.9 Å². The van der Waals surface area contributed by atoms with Gasteiger partial charge in [-0.3, -0.25) is 19.7 Å². The molecule has 0 spiro atoms. The number of hydrogen-bond acceptors (Lipinski definition) is 7. The molecule has 0 saturated carbocycles. The lowest BCUT2D eigenvalue weighted by atomic mass is 9.90. The highest BCUT2D eigenvalue weighted by molar-refractivity contribution is 5.84. The second kappa shape index (κ2) is 6.80. The summed E-state index contributed by atoms with van der Waals surface area (Å²) in [5.74, 6) is -0.384. The Bertz CT molecular complexity index is 1160. The van der Waals surface area contributed by atoms with Crippen molar-refractivity contribution in [2.45, 2.75) is 25.7 Å². The molecule has 0 atom stereocenters. The van der Waals surface area contributed by atoms with E-state index >= 15 is 0 Å². The SMILES string of the molecule is O=c1c(Nc2ccc([N+](=O)[O-])cc2O)c(Nc2cccc3c2CCCC3)c1=O. The van der Waals surface area contributed by atoms with Crippen LogP contribution in [0.2, 0.25) is 0 Å². The molecule has 1 aliphatic rings. The highest BCUT2D eigenvalue weighted by Gasteiger charge is 2.24. The number of fused-ring (bicyclic) bond motifs is 1. The van der Waals surface area contributed by atoms with E-state index in [4.69, 9.17) is 0 Å². The molecule has 0 aliphatic heterocycles. The minimum Gasteiger partial charge on any atom is -0.506 e. The van der Waals surface area contributed by atoms with E-state index < -0.39 is 15.8 Å². The van der Waals surface area contributed by atoms with E-state index in [1.54, 1.807) is 0 Å². The molecule has 0 amide bonds. The third kappa shape index (κ3) is 2.98. The van der Waals surface area contributed by atoms with Crippen LogP contribution in [0.5, 0.6) is 5.75 Å². The van der Waals surface area contributed by atoms with Gasteiger partial charge in [0.1, 0.15) is 17.1 Å². The van der Waals surface area contributed by atoms with Gasteiger partial charge in [0, 0.05) is 11.8 Å². The Morgan fingerprint density at radius 3 is 2.29 bits per heavy atom. The van der Waals surface area contributed by atoms with Crippen LogP contribution in [0.3, 0.4) is 0 Å². The summed E-state index contributed by atoms with van der Waals surface area (Å²) >= 11 is 0. The second-order valence-electron chi connectivity index (χ2n) is 6.77. The van der Waals surface area contributed by atoms with E-state index in [1.165, 1.54) is 17.7 Å². The standard InChI is InChI=1S/C20H17N3O5/c24-16-10-12(23(27)28)8-9-15(16)22-18-17(19(25)20(18)26)21-14-7-3-5-11-4-1-2-6-13(11)14/h3,5,7-10,21-22,24H,1-2,4,6H2. The maximum atomic E-state index is 12.1. The number of anilines is 4. The van der Waals surface area contributed by atoms with Crippen LogP contribution in [-0.2, 0) is 12.8 Å². The minimum absolute atomic E-state index is 0.0302. The molecular formula is C20H17N3O5. The Balaban J connectivity index is 1.64. The highest BCUT2D eigenvalue weighted by Crippen LogP contribution is 2.34. The van der Waals surface area contributed by atoms with E-state index in [0.717, 1.165) is 43.0 Å². The van der Waals surface area contributed by atoms with Crippen molar-refractivity contribution in [2.75, 3.05) is 10.6 Å². The molecule has 142 valence electrons. The van der Waals surface area contributed by atoms with Crippen LogP contribution < -0.4 is 21.5 Å². The van der Waals surface area contributed by atoms with Crippen LogP contribution in [0.25, 0.3) is 0 Å². The Morgan fingerprint density at radius 1 is 0.929 bits per heavy atom. The third-order valence-corrected chi connectivity index (χ3v) is 5.02. The quantitative estimate of drug-likeness (QED) is 0.269. The summed E-state index contributed by atoms with van der Waals surface area (Å²) in [6.45, 7) is 0. The number of nitrogens with zero attached hydrogens (tertiary/aromatic N) is 1. The van der Waals surface area contributed by atoms with Crippen LogP contribution in [0, 0.1) is 10.1 Å². The van der Waals surface area contributed by atoms with E-state index in [1.807, 2.05) is 12.1 Å². The molecule has 3 aromatic rings. The molecular weight excluding hydrogens is 362 g/mol. The van der Waals surface area contributed by atoms with Gasteiger partial charge in [-0.2, -0.15) is 0 Å². The molecule has 0 bridgehead atoms. The summed E-state index contributed by atoms with van der Waals surface area (Å²) in [5.41, 5.74) is 1.81. The molecule has 0 unspecified atom stereocenters. The van der Waals surface area contributed by atoms with Crippen LogP contribution >= 0.6 is 0 Å². The highest BCUT2D eigenvalue weighted by atomic mass is 16.6. The Hall–Kier alpha value is -3.68. The average Bonchev–Trinajstić information content (AvgIpc) is 2.71. The maximum Gasteiger partial charge on any atom is 0.273 e. The molecule has 0 heterocycles. The summed E-state index contributed by atoms with van der Waals surface area (Å²) in [6, 6.07) is 9.32. The van der Waals surface area contributed by atoms with Gasteiger partial charge in [-0.15, -0.1) is 0 Å². The van der Waals surface area contributed by atoms with Crippen molar-refractivity contribution in [1.82, 2.24) is 0 Å². The van der Waals surface area contributed by atoms with E-state index in [2.05, 4.69) is 16.7 Å². The average molecular weight is 379 g/mol. The molecule has 28 heavy (non-hydrogen) atoms. The lowest BCUT2D eigenvalue weighted by Gasteiger charge is -2.22. The van der Waals surface area contributed by atoms with Gasteiger partial charge >= 0.3 is 0 Å². The number of aryl methyl sites for hydroxylation is 1. The number of phenols is 1. The zero-order valence-electron chi connectivity index (χ0n) is 14.8. The lowest BCUT2D eigenvalue weighted by Crippen LogP contribution is -2.36. The second-order valence-corrected chi connectivity index (χ2v) is 6.77. The molecule has 3 N–H and O–H groups in total. The van der Waals surface area contributed by atoms with Gasteiger partial charge in [-0.1, -0.05) is 12.1 Å². The Morgan fingerprint density at radius 2 is 1.61 bits per heavy atom. The molecule has 0 aromatic heterocycles. The van der Waals surface area contributed by atoms with Crippen LogP contribution in [0.4, 0.5) is 28.4 Å². The number of nitro benzene ring substituents is 1. The van der Waals surface area contributed by atoms with Gasteiger partial charge in [0.25, 0.3) is 16.5 Å². The maximum absolute atomic E-state index is 12.1. The van der Waals surface area contributed by atoms with Crippen molar-refractivity contribution >= 4 is 28.4 Å². The van der Waals surface area contributed by atoms with E-state index in [-0.39, 0.29) is 28.5 Å². The van der Waals surface area contributed by atoms with Gasteiger partial charge < -0.3 is 15.7 Å². The van der Waals surface area contributed by atoms with Crippen LogP contribution in [-0.4, -0.2) is 10.0 Å². The Kier molecular flexibility index (Phi) is 4.31. The summed E-state index contributed by atoms with van der Waals surface area (Å²) in [6.07, 6.45) is 4.08. The number of benzene rings is 2. The fourth-order valence-electron chi connectivity index (χ4n) is 3.54. The predicted octanol–water partition coefficient (Wildman–Crippen LogP) is 3.26. The van der Waals surface area contributed by atoms with Gasteiger partial charge in [0.05, 0.1) is 16.7 Å². The topological polar surface area (TPSA) is 122 Å². The summed E-state index contributed by atoms with van der Waals surface area (Å²) < 4.78 is 0. The van der Waals surface area contributed by atoms with Crippen molar-refractivity contribution in [3.63, 3.8) is 0 Å². The number of non-ortho nitro benzene ring substituents is 1. The zero-order chi connectivity index (χ0) is 19.8. The van der Waals surface area contributed by atoms with E-state index in [0.29, 0.717) is 0 Å². The number of aromatic hydroxyl groups is 1. The first-order valence-corrected chi connectivity index (χ1v) is 8.91. The monoisotopic (exact) mass is 379 g/mol. The third-order valence-electron chi connectivity index (χ3n) is 5.02. The predicted molar refractivity (Wildman–Crippen MR) is 106 cm³/mol. The van der Waals surface area contributed by atoms with Gasteiger partial charge in [-0.25, -0.2) is 0 Å². The van der Waals surface area contributed by atoms with Gasteiger partial charge in [0.2, 0.25) is 0 Å². The molecule has 1 aliphatic carbocycles. The van der Waals surface area contributed by atoms with Crippen molar-refractivity contribution in [2.24, 2.45) is 0 Å². The first kappa shape index (κ1) is 17.7. The number of nitrogens with one attached hydrogen (secondary N) is 2. The van der Waals surface area contributed by atoms with Crippen LogP contribution in [0.15, 0.2) is 46.0 Å². The Labute approximate surface area is 159 Å². The zero-order valence-corrected chi connectivity index (χ0v) is 14.8. The smallest absolute Gasteiger partial charge is 0.273 e. The largest absolute Gasteiger partial charge is 0.506 e. The summed E-state index contributed by atoms with van der Waals surface area (Å²) in [4.78, 5) is 34.3. The molecule has 0 saturated heterocycles. The first-order chi connectivity index (χ1) is 13.5. The number of nitro groups is 1. The molecule has 3 aromatic carbocycles. The van der Waals surface area contributed by atoms with Crippen LogP contribution in [0.1, 0.15) is 24.0 Å². The van der Waals surface area contributed by atoms with Crippen molar-refractivity contribution in [3.8, 4) is 5.75 Å². The van der Waals surface area contributed by atoms with Gasteiger partial charge in [0.15, 0.2) is 0 Å². The molecule has 8 heteroatoms. The summed E-state index contributed by atoms with van der Waals surface area (Å²) in [7, 11) is 0. The number of hydrogen-bond donors (Lipinski definition) is 3. The van der Waals surface area contributed by atoms with E-state index in [9.17, 15) is 24.8 Å². The molecule has 8 nitrogen and oxygen atoms in total. The van der Waals surface area contributed by atoms with Crippen molar-refractivity contribution in [1.29, 1.82) is 0 Å². The first-order valence-electron chi connectivity index (χ1n) is 8.91. The summed E-state index contributed by atoms with van der Waals surface area (Å²) in [5, 5.41) is 26.5.